The molecule has 2 rings (SSSR count). The fourth-order valence-electron chi connectivity index (χ4n) is 2.96. The van der Waals surface area contributed by atoms with Crippen LogP contribution in [0, 0.1) is 6.92 Å². The van der Waals surface area contributed by atoms with Gasteiger partial charge in [0.25, 0.3) is 0 Å². The average molecular weight is 339 g/mol. The Hall–Kier alpha value is -0.380. The molecule has 0 aromatic heterocycles. The van der Waals surface area contributed by atoms with Crippen LogP contribution in [0.3, 0.4) is 0 Å². The number of halogens is 1. The Labute approximate surface area is 132 Å². The summed E-state index contributed by atoms with van der Waals surface area (Å²) in [5, 5.41) is 3.66. The minimum atomic E-state index is 0.680. The highest BCUT2D eigenvalue weighted by Crippen LogP contribution is 2.21. The molecule has 3 heteroatoms. The fourth-order valence-corrected chi connectivity index (χ4v) is 3.58. The molecule has 1 saturated heterocycles. The number of hydrogen-bond donors (Lipinski definition) is 1. The molecular weight excluding hydrogens is 312 g/mol. The minimum absolute atomic E-state index is 0.680. The van der Waals surface area contributed by atoms with Gasteiger partial charge < -0.3 is 5.32 Å². The first kappa shape index (κ1) is 16.0. The number of piperidine rings is 1. The van der Waals surface area contributed by atoms with E-state index in [2.05, 4.69) is 58.2 Å². The zero-order valence-corrected chi connectivity index (χ0v) is 14.4. The fraction of sp³-hybridized carbons (Fsp3) is 0.647. The van der Waals surface area contributed by atoms with Gasteiger partial charge in [-0.25, -0.2) is 0 Å². The monoisotopic (exact) mass is 338 g/mol. The average Bonchev–Trinajstić information content (AvgIpc) is 2.43. The molecule has 1 aromatic carbocycles. The van der Waals surface area contributed by atoms with Crippen LogP contribution in [0.1, 0.15) is 43.7 Å². The summed E-state index contributed by atoms with van der Waals surface area (Å²) in [5.41, 5.74) is 2.72. The predicted octanol–water partition coefficient (Wildman–Crippen LogP) is 4.11. The molecule has 0 saturated carbocycles. The second-order valence-electron chi connectivity index (χ2n) is 5.98. The Balaban J connectivity index is 1.96. The molecule has 0 radical (unpaired) electrons. The highest BCUT2D eigenvalue weighted by molar-refractivity contribution is 9.10. The van der Waals surface area contributed by atoms with E-state index in [0.29, 0.717) is 6.04 Å². The van der Waals surface area contributed by atoms with Crippen LogP contribution in [0.5, 0.6) is 0 Å². The number of rotatable bonds is 6. The van der Waals surface area contributed by atoms with Crippen molar-refractivity contribution in [1.82, 2.24) is 10.2 Å². The molecule has 1 aliphatic rings. The predicted molar refractivity (Wildman–Crippen MR) is 90.1 cm³/mol. The Kier molecular flexibility index (Phi) is 6.53. The van der Waals surface area contributed by atoms with Crippen molar-refractivity contribution in [3.63, 3.8) is 0 Å². The number of benzene rings is 1. The van der Waals surface area contributed by atoms with Gasteiger partial charge in [0.15, 0.2) is 0 Å². The van der Waals surface area contributed by atoms with Crippen molar-refractivity contribution in [2.45, 2.75) is 52.1 Å². The normalized spacial score (nSPS) is 19.5. The van der Waals surface area contributed by atoms with E-state index in [1.165, 1.54) is 60.9 Å². The summed E-state index contributed by atoms with van der Waals surface area (Å²) in [7, 11) is 0. The van der Waals surface area contributed by atoms with Gasteiger partial charge >= 0.3 is 0 Å². The summed E-state index contributed by atoms with van der Waals surface area (Å²) >= 11 is 3.71. The van der Waals surface area contributed by atoms with Crippen molar-refractivity contribution in [2.75, 3.05) is 19.6 Å². The molecule has 1 aromatic rings. The molecule has 112 valence electrons. The van der Waals surface area contributed by atoms with Crippen LogP contribution < -0.4 is 5.32 Å². The molecule has 1 heterocycles. The molecule has 1 atom stereocenters. The summed E-state index contributed by atoms with van der Waals surface area (Å²) in [6, 6.07) is 7.37. The molecule has 20 heavy (non-hydrogen) atoms. The van der Waals surface area contributed by atoms with Gasteiger partial charge in [-0.15, -0.1) is 0 Å². The molecule has 2 nitrogen and oxygen atoms in total. The lowest BCUT2D eigenvalue weighted by Gasteiger charge is -2.30. The zero-order valence-electron chi connectivity index (χ0n) is 12.8. The first-order valence-corrected chi connectivity index (χ1v) is 8.69. The van der Waals surface area contributed by atoms with Gasteiger partial charge in [0.1, 0.15) is 0 Å². The molecule has 0 spiro atoms. The lowest BCUT2D eigenvalue weighted by Crippen LogP contribution is -2.43. The van der Waals surface area contributed by atoms with Gasteiger partial charge in [-0.2, -0.15) is 0 Å². The Morgan fingerprint density at radius 2 is 2.20 bits per heavy atom. The second-order valence-corrected chi connectivity index (χ2v) is 6.83. The van der Waals surface area contributed by atoms with E-state index in [1.807, 2.05) is 0 Å². The third kappa shape index (κ3) is 4.87. The smallest absolute Gasteiger partial charge is 0.0245 e. The van der Waals surface area contributed by atoms with E-state index in [0.717, 1.165) is 6.54 Å². The van der Waals surface area contributed by atoms with Gasteiger partial charge in [-0.3, -0.25) is 4.90 Å². The van der Waals surface area contributed by atoms with Crippen molar-refractivity contribution >= 4 is 15.9 Å². The van der Waals surface area contributed by atoms with Crippen LogP contribution in [-0.4, -0.2) is 30.6 Å². The minimum Gasteiger partial charge on any atom is -0.313 e. The largest absolute Gasteiger partial charge is 0.313 e. The highest BCUT2D eigenvalue weighted by Gasteiger charge is 2.17. The summed E-state index contributed by atoms with van der Waals surface area (Å²) in [4.78, 5) is 2.60. The molecule has 1 N–H and O–H groups in total. The van der Waals surface area contributed by atoms with Crippen LogP contribution in [-0.2, 0) is 6.54 Å². The van der Waals surface area contributed by atoms with E-state index < -0.39 is 0 Å². The van der Waals surface area contributed by atoms with E-state index in [1.54, 1.807) is 0 Å². The third-order valence-corrected chi connectivity index (χ3v) is 4.77. The summed E-state index contributed by atoms with van der Waals surface area (Å²) < 4.78 is 1.25. The van der Waals surface area contributed by atoms with Gasteiger partial charge in [0, 0.05) is 23.6 Å². The highest BCUT2D eigenvalue weighted by atomic mass is 79.9. The van der Waals surface area contributed by atoms with Crippen LogP contribution in [0.4, 0.5) is 0 Å². The van der Waals surface area contributed by atoms with Crippen LogP contribution in [0.25, 0.3) is 0 Å². The maximum Gasteiger partial charge on any atom is 0.0245 e. The Morgan fingerprint density at radius 1 is 1.35 bits per heavy atom. The molecule has 1 aliphatic heterocycles. The lowest BCUT2D eigenvalue weighted by atomic mass is 10.0. The number of aryl methyl sites for hydroxylation is 1. The first-order valence-electron chi connectivity index (χ1n) is 7.90. The van der Waals surface area contributed by atoms with Gasteiger partial charge in [0.05, 0.1) is 0 Å². The zero-order chi connectivity index (χ0) is 14.4. The van der Waals surface area contributed by atoms with Crippen molar-refractivity contribution in [1.29, 1.82) is 0 Å². The maximum absolute atomic E-state index is 3.71. The van der Waals surface area contributed by atoms with Gasteiger partial charge in [-0.05, 0) is 56.5 Å². The topological polar surface area (TPSA) is 15.3 Å². The van der Waals surface area contributed by atoms with Crippen LogP contribution >= 0.6 is 15.9 Å². The quantitative estimate of drug-likeness (QED) is 0.839. The molecule has 0 aliphatic carbocycles. The summed E-state index contributed by atoms with van der Waals surface area (Å²) in [6.45, 7) is 9.01. The van der Waals surface area contributed by atoms with Crippen molar-refractivity contribution in [3.05, 3.63) is 33.8 Å². The Morgan fingerprint density at radius 3 is 2.85 bits per heavy atom. The summed E-state index contributed by atoms with van der Waals surface area (Å²) in [6.07, 6.45) is 5.27. The third-order valence-electron chi connectivity index (χ3n) is 4.03. The number of nitrogens with one attached hydrogen (secondary N) is 1. The number of hydrogen-bond acceptors (Lipinski definition) is 2. The molecule has 0 bridgehead atoms. The molecule has 1 fully saturated rings. The van der Waals surface area contributed by atoms with Gasteiger partial charge in [-0.1, -0.05) is 41.4 Å². The molecule has 1 unspecified atom stereocenters. The van der Waals surface area contributed by atoms with Crippen LogP contribution in [0.2, 0.25) is 0 Å². The molecule has 0 amide bonds. The molecular formula is C17H27BrN2. The number of nitrogens with zero attached hydrogens (tertiary/aromatic N) is 1. The second kappa shape index (κ2) is 8.16. The summed E-state index contributed by atoms with van der Waals surface area (Å²) in [5.74, 6) is 0. The standard InChI is InChI=1S/C17H27BrN2/c1-3-10-20(13-16-6-4-5-9-19-16)12-15-8-7-14(2)11-17(15)18/h7-8,11,16,19H,3-6,9-10,12-13H2,1-2H3. The SMILES string of the molecule is CCCN(Cc1ccc(C)cc1Br)CC1CCCCN1. The van der Waals surface area contributed by atoms with Crippen molar-refractivity contribution < 1.29 is 0 Å². The lowest BCUT2D eigenvalue weighted by molar-refractivity contribution is 0.217. The van der Waals surface area contributed by atoms with E-state index in [4.69, 9.17) is 0 Å². The van der Waals surface area contributed by atoms with E-state index in [-0.39, 0.29) is 0 Å². The van der Waals surface area contributed by atoms with Crippen LogP contribution in [0.15, 0.2) is 22.7 Å². The Bertz CT molecular complexity index is 413. The first-order chi connectivity index (χ1) is 9.69. The van der Waals surface area contributed by atoms with Crippen molar-refractivity contribution in [2.24, 2.45) is 0 Å². The van der Waals surface area contributed by atoms with Gasteiger partial charge in [0.2, 0.25) is 0 Å². The van der Waals surface area contributed by atoms with Crippen molar-refractivity contribution in [3.8, 4) is 0 Å². The van der Waals surface area contributed by atoms with E-state index in [9.17, 15) is 0 Å². The van der Waals surface area contributed by atoms with E-state index >= 15 is 0 Å². The maximum atomic E-state index is 3.71.